The van der Waals surface area contributed by atoms with E-state index >= 15 is 0 Å². The van der Waals surface area contributed by atoms with Gasteiger partial charge in [-0.1, -0.05) is 47.2 Å². The van der Waals surface area contributed by atoms with Crippen LogP contribution in [0.1, 0.15) is 22.8 Å². The first-order valence-electron chi connectivity index (χ1n) is 13.3. The third-order valence-electron chi connectivity index (χ3n) is 7.08. The molecule has 1 saturated heterocycles. The normalized spacial score (nSPS) is 14.1. The lowest BCUT2D eigenvalue weighted by atomic mass is 10.2. The Morgan fingerprint density at radius 3 is 2.34 bits per heavy atom. The van der Waals surface area contributed by atoms with E-state index in [1.165, 1.54) is 16.4 Å². The second-order valence-corrected chi connectivity index (χ2v) is 12.9. The first-order chi connectivity index (χ1) is 19.3. The smallest absolute Gasteiger partial charge is 0.264 e. The third-order valence-corrected chi connectivity index (χ3v) is 10.6. The summed E-state index contributed by atoms with van der Waals surface area (Å²) in [5.74, 6) is -0.222. The molecule has 0 unspecified atom stereocenters. The highest BCUT2D eigenvalue weighted by molar-refractivity contribution is 7.92. The molecule has 8 nitrogen and oxygen atoms in total. The number of sulfonamides is 1. The molecule has 1 amide bonds. The number of carbonyl (C=O) groups excluding carboxylic acids is 1. The quantitative estimate of drug-likeness (QED) is 0.264. The molecule has 0 spiro atoms. The van der Waals surface area contributed by atoms with E-state index in [0.29, 0.717) is 24.3 Å². The topological polar surface area (TPSA) is 85.8 Å². The van der Waals surface area contributed by atoms with Crippen molar-refractivity contribution < 1.29 is 13.2 Å². The molecule has 1 fully saturated rings. The molecule has 1 aromatic heterocycles. The number of aromatic nitrogens is 1. The van der Waals surface area contributed by atoms with Crippen LogP contribution in [0.3, 0.4) is 0 Å². The number of hydrogen-bond acceptors (Lipinski definition) is 7. The SMILES string of the molecule is CCN(c1ccccc1)S(=O)(=O)c1ccc(C(=O)NCCN2CCN(c3nc4c(C)ccc(Cl)c4s3)CC2)cc1.Cl. The number of rotatable bonds is 9. The minimum atomic E-state index is -3.73. The average molecular weight is 635 g/mol. The number of amides is 1. The number of hydrogen-bond donors (Lipinski definition) is 1. The van der Waals surface area contributed by atoms with Gasteiger partial charge in [-0.2, -0.15) is 0 Å². The number of thiazole rings is 1. The van der Waals surface area contributed by atoms with Gasteiger partial charge < -0.3 is 10.2 Å². The number of nitrogens with one attached hydrogen (secondary N) is 1. The van der Waals surface area contributed by atoms with Gasteiger partial charge in [-0.15, -0.1) is 12.4 Å². The van der Waals surface area contributed by atoms with Crippen LogP contribution in [0.2, 0.25) is 5.02 Å². The molecular formula is C29H33Cl2N5O3S2. The van der Waals surface area contributed by atoms with Crippen LogP contribution in [0.5, 0.6) is 0 Å². The Morgan fingerprint density at radius 2 is 1.71 bits per heavy atom. The summed E-state index contributed by atoms with van der Waals surface area (Å²) in [6.45, 7) is 8.86. The van der Waals surface area contributed by atoms with Crippen molar-refractivity contribution in [1.29, 1.82) is 0 Å². The summed E-state index contributed by atoms with van der Waals surface area (Å²) >= 11 is 8.02. The standard InChI is InChI=1S/C29H32ClN5O3S2.ClH/c1-3-35(23-7-5-4-6-8-23)40(37,38)24-12-10-22(11-13-24)28(36)31-15-16-33-17-19-34(20-18-33)29-32-26-21(2)9-14-25(30)27(26)39-29;/h4-14H,3,15-20H2,1-2H3,(H,31,36);1H. The Labute approximate surface area is 256 Å². The molecule has 41 heavy (non-hydrogen) atoms. The fourth-order valence-corrected chi connectivity index (χ4v) is 7.65. The average Bonchev–Trinajstić information content (AvgIpc) is 3.43. The van der Waals surface area contributed by atoms with E-state index in [9.17, 15) is 13.2 Å². The second kappa shape index (κ2) is 13.4. The van der Waals surface area contributed by atoms with Crippen molar-refractivity contribution in [2.75, 3.05) is 55.0 Å². The largest absolute Gasteiger partial charge is 0.351 e. The predicted molar refractivity (Wildman–Crippen MR) is 171 cm³/mol. The van der Waals surface area contributed by atoms with Gasteiger partial charge in [-0.3, -0.25) is 14.0 Å². The lowest BCUT2D eigenvalue weighted by molar-refractivity contribution is 0.0947. The molecule has 5 rings (SSSR count). The van der Waals surface area contributed by atoms with Gasteiger partial charge in [0.15, 0.2) is 5.13 Å². The second-order valence-electron chi connectivity index (χ2n) is 9.65. The van der Waals surface area contributed by atoms with Crippen LogP contribution in [0.15, 0.2) is 71.6 Å². The fraction of sp³-hybridized carbons (Fsp3) is 0.310. The minimum Gasteiger partial charge on any atom is -0.351 e. The maximum Gasteiger partial charge on any atom is 0.264 e. The van der Waals surface area contributed by atoms with E-state index in [4.69, 9.17) is 16.6 Å². The van der Waals surface area contributed by atoms with Gasteiger partial charge in [-0.05, 0) is 61.9 Å². The van der Waals surface area contributed by atoms with E-state index in [1.807, 2.05) is 18.2 Å². The van der Waals surface area contributed by atoms with Crippen molar-refractivity contribution in [1.82, 2.24) is 15.2 Å². The van der Waals surface area contributed by atoms with Gasteiger partial charge in [0.1, 0.15) is 0 Å². The monoisotopic (exact) mass is 633 g/mol. The molecule has 0 radical (unpaired) electrons. The summed E-state index contributed by atoms with van der Waals surface area (Å²) in [6.07, 6.45) is 0. The van der Waals surface area contributed by atoms with Crippen LogP contribution in [0, 0.1) is 6.92 Å². The highest BCUT2D eigenvalue weighted by atomic mass is 35.5. The molecule has 0 atom stereocenters. The summed E-state index contributed by atoms with van der Waals surface area (Å²) in [5, 5.41) is 4.69. The molecule has 1 aliphatic heterocycles. The van der Waals surface area contributed by atoms with Crippen molar-refractivity contribution in [2.24, 2.45) is 0 Å². The van der Waals surface area contributed by atoms with Crippen LogP contribution in [0.25, 0.3) is 10.2 Å². The molecule has 2 heterocycles. The molecule has 0 bridgehead atoms. The van der Waals surface area contributed by atoms with Crippen molar-refractivity contribution in [3.05, 3.63) is 82.9 Å². The van der Waals surface area contributed by atoms with Crippen LogP contribution in [0.4, 0.5) is 10.8 Å². The van der Waals surface area contributed by atoms with Gasteiger partial charge in [0.25, 0.3) is 15.9 Å². The fourth-order valence-electron chi connectivity index (χ4n) is 4.81. The number of benzene rings is 3. The summed E-state index contributed by atoms with van der Waals surface area (Å²) in [4.78, 5) is 22.3. The van der Waals surface area contributed by atoms with Crippen LogP contribution >= 0.6 is 35.3 Å². The zero-order valence-corrected chi connectivity index (χ0v) is 26.1. The maximum atomic E-state index is 13.2. The van der Waals surface area contributed by atoms with Crippen LogP contribution in [-0.4, -0.2) is 70.0 Å². The molecule has 1 N–H and O–H groups in total. The number of aryl methyl sites for hydroxylation is 1. The lowest BCUT2D eigenvalue weighted by Gasteiger charge is -2.34. The first kappa shape index (κ1) is 31.1. The van der Waals surface area contributed by atoms with Crippen molar-refractivity contribution >= 4 is 72.3 Å². The number of carbonyl (C=O) groups is 1. The number of piperazine rings is 1. The van der Waals surface area contributed by atoms with Crippen LogP contribution in [-0.2, 0) is 10.0 Å². The molecule has 218 valence electrons. The molecule has 1 aliphatic rings. The Kier molecular flexibility index (Phi) is 10.1. The Hall–Kier alpha value is -2.89. The zero-order chi connectivity index (χ0) is 28.3. The zero-order valence-electron chi connectivity index (χ0n) is 22.9. The minimum absolute atomic E-state index is 0. The number of nitrogens with zero attached hydrogens (tertiary/aromatic N) is 4. The Morgan fingerprint density at radius 1 is 1.02 bits per heavy atom. The van der Waals surface area contributed by atoms with E-state index < -0.39 is 10.0 Å². The van der Waals surface area contributed by atoms with E-state index in [0.717, 1.165) is 58.7 Å². The maximum absolute atomic E-state index is 13.2. The first-order valence-corrected chi connectivity index (χ1v) is 15.9. The summed E-state index contributed by atoms with van der Waals surface area (Å²) < 4.78 is 28.8. The molecule has 4 aromatic rings. The number of halogens is 2. The molecule has 0 aliphatic carbocycles. The van der Waals surface area contributed by atoms with Gasteiger partial charge in [0, 0.05) is 51.4 Å². The van der Waals surface area contributed by atoms with Gasteiger partial charge in [0.2, 0.25) is 0 Å². The number of para-hydroxylation sites is 1. The summed E-state index contributed by atoms with van der Waals surface area (Å²) in [5.41, 5.74) is 3.13. The Bertz CT molecular complexity index is 1550. The van der Waals surface area contributed by atoms with Crippen molar-refractivity contribution in [2.45, 2.75) is 18.7 Å². The molecule has 12 heteroatoms. The van der Waals surface area contributed by atoms with Crippen LogP contribution < -0.4 is 14.5 Å². The van der Waals surface area contributed by atoms with Crippen molar-refractivity contribution in [3.63, 3.8) is 0 Å². The highest BCUT2D eigenvalue weighted by Gasteiger charge is 2.24. The third kappa shape index (κ3) is 6.79. The van der Waals surface area contributed by atoms with E-state index in [2.05, 4.69) is 22.0 Å². The van der Waals surface area contributed by atoms with E-state index in [-0.39, 0.29) is 23.2 Å². The summed E-state index contributed by atoms with van der Waals surface area (Å²) in [7, 11) is -3.73. The lowest BCUT2D eigenvalue weighted by Crippen LogP contribution is -2.48. The number of anilines is 2. The van der Waals surface area contributed by atoms with Gasteiger partial charge in [0.05, 0.1) is 25.8 Å². The van der Waals surface area contributed by atoms with Crippen molar-refractivity contribution in [3.8, 4) is 0 Å². The molecule has 0 saturated carbocycles. The highest BCUT2D eigenvalue weighted by Crippen LogP contribution is 2.35. The molecular weight excluding hydrogens is 601 g/mol. The van der Waals surface area contributed by atoms with Gasteiger partial charge in [-0.25, -0.2) is 13.4 Å². The van der Waals surface area contributed by atoms with Gasteiger partial charge >= 0.3 is 0 Å². The number of fused-ring (bicyclic) bond motifs is 1. The Balaban J connectivity index is 0.00000387. The summed E-state index contributed by atoms with van der Waals surface area (Å²) in [6, 6.07) is 19.0. The predicted octanol–water partition coefficient (Wildman–Crippen LogP) is 5.45. The molecule has 3 aromatic carbocycles. The van der Waals surface area contributed by atoms with E-state index in [1.54, 1.807) is 54.7 Å².